The van der Waals surface area contributed by atoms with E-state index in [9.17, 15) is 9.90 Å². The molecule has 13 heavy (non-hydrogen) atoms. The van der Waals surface area contributed by atoms with Crippen LogP contribution < -0.4 is 4.74 Å². The van der Waals surface area contributed by atoms with Crippen molar-refractivity contribution < 1.29 is 19.7 Å². The van der Waals surface area contributed by atoms with Crippen molar-refractivity contribution in [2.24, 2.45) is 0 Å². The first-order valence-electron chi connectivity index (χ1n) is 3.56. The molecule has 0 bridgehead atoms. The molecule has 2 N–H and O–H groups in total. The normalized spacial score (nSPS) is 12.2. The van der Waals surface area contributed by atoms with Crippen LogP contribution in [0.3, 0.4) is 0 Å². The fourth-order valence-corrected chi connectivity index (χ4v) is 0.915. The number of carboxylic acids is 1. The molecule has 0 saturated carbocycles. The second-order valence-corrected chi connectivity index (χ2v) is 2.34. The Morgan fingerprint density at radius 2 is 2.38 bits per heavy atom. The van der Waals surface area contributed by atoms with E-state index < -0.39 is 12.1 Å². The monoisotopic (exact) mass is 183 g/mol. The van der Waals surface area contributed by atoms with Crippen LogP contribution in [0.1, 0.15) is 11.7 Å². The largest absolute Gasteiger partial charge is 0.481 e. The third-order valence-corrected chi connectivity index (χ3v) is 1.52. The number of hydrogen-bond donors (Lipinski definition) is 2. The number of aliphatic carboxylic acids is 1. The minimum atomic E-state index is -1.59. The number of ether oxygens (including phenoxy) is 1. The zero-order valence-corrected chi connectivity index (χ0v) is 6.97. The summed E-state index contributed by atoms with van der Waals surface area (Å²) >= 11 is 0. The van der Waals surface area contributed by atoms with Gasteiger partial charge in [0, 0.05) is 6.20 Å². The summed E-state index contributed by atoms with van der Waals surface area (Å²) < 4.78 is 4.78. The van der Waals surface area contributed by atoms with Gasteiger partial charge in [0.2, 0.25) is 5.88 Å². The highest BCUT2D eigenvalue weighted by Gasteiger charge is 2.20. The van der Waals surface area contributed by atoms with Crippen molar-refractivity contribution in [1.29, 1.82) is 0 Å². The molecule has 1 heterocycles. The summed E-state index contributed by atoms with van der Waals surface area (Å²) in [6, 6.07) is 2.98. The van der Waals surface area contributed by atoms with Gasteiger partial charge < -0.3 is 14.9 Å². The topological polar surface area (TPSA) is 79.7 Å². The molecule has 70 valence electrons. The van der Waals surface area contributed by atoms with Gasteiger partial charge in [-0.25, -0.2) is 9.78 Å². The second kappa shape index (κ2) is 3.86. The molecule has 1 atom stereocenters. The Morgan fingerprint density at radius 1 is 1.69 bits per heavy atom. The zero-order valence-electron chi connectivity index (χ0n) is 6.97. The number of rotatable bonds is 3. The molecule has 0 aliphatic carbocycles. The fourth-order valence-electron chi connectivity index (χ4n) is 0.915. The number of aliphatic hydroxyl groups is 1. The number of pyridine rings is 1. The van der Waals surface area contributed by atoms with E-state index in [2.05, 4.69) is 4.98 Å². The van der Waals surface area contributed by atoms with Crippen LogP contribution in [0.2, 0.25) is 0 Å². The van der Waals surface area contributed by atoms with Gasteiger partial charge in [-0.3, -0.25) is 0 Å². The highest BCUT2D eigenvalue weighted by molar-refractivity contribution is 5.74. The molecule has 0 saturated heterocycles. The Morgan fingerprint density at radius 3 is 2.92 bits per heavy atom. The van der Waals surface area contributed by atoms with Crippen LogP contribution in [0.25, 0.3) is 0 Å². The summed E-state index contributed by atoms with van der Waals surface area (Å²) in [5.74, 6) is -1.20. The summed E-state index contributed by atoms with van der Waals surface area (Å²) in [5.41, 5.74) is 0.150. The lowest BCUT2D eigenvalue weighted by molar-refractivity contribution is -0.147. The van der Waals surface area contributed by atoms with Crippen LogP contribution in [0.15, 0.2) is 18.3 Å². The van der Waals surface area contributed by atoms with Gasteiger partial charge in [-0.15, -0.1) is 0 Å². The molecule has 1 aromatic rings. The van der Waals surface area contributed by atoms with E-state index in [-0.39, 0.29) is 11.4 Å². The molecule has 1 rings (SSSR count). The SMILES string of the molecule is COc1ncccc1C(O)C(=O)O. The number of aromatic nitrogens is 1. The molecule has 1 aromatic heterocycles. The van der Waals surface area contributed by atoms with E-state index in [0.29, 0.717) is 0 Å². The van der Waals surface area contributed by atoms with Crippen LogP contribution in [-0.2, 0) is 4.79 Å². The maximum atomic E-state index is 10.4. The number of carbonyl (C=O) groups is 1. The van der Waals surface area contributed by atoms with Crippen molar-refractivity contribution in [2.45, 2.75) is 6.10 Å². The standard InChI is InChI=1S/C8H9NO4/c1-13-7-5(3-2-4-9-7)6(10)8(11)12/h2-4,6,10H,1H3,(H,11,12). The Balaban J connectivity index is 3.05. The summed E-state index contributed by atoms with van der Waals surface area (Å²) in [5, 5.41) is 17.7. The molecule has 5 heteroatoms. The first-order valence-corrected chi connectivity index (χ1v) is 3.56. The Labute approximate surface area is 74.6 Å². The van der Waals surface area contributed by atoms with Crippen molar-refractivity contribution in [3.8, 4) is 5.88 Å². The van der Waals surface area contributed by atoms with Crippen LogP contribution in [0, 0.1) is 0 Å². The highest BCUT2D eigenvalue weighted by atomic mass is 16.5. The second-order valence-electron chi connectivity index (χ2n) is 2.34. The molecule has 0 fully saturated rings. The highest BCUT2D eigenvalue weighted by Crippen LogP contribution is 2.21. The van der Waals surface area contributed by atoms with Gasteiger partial charge in [0.15, 0.2) is 6.10 Å². The Bertz CT molecular complexity index is 313. The van der Waals surface area contributed by atoms with Crippen molar-refractivity contribution in [3.63, 3.8) is 0 Å². The van der Waals surface area contributed by atoms with Gasteiger partial charge in [-0.2, -0.15) is 0 Å². The fraction of sp³-hybridized carbons (Fsp3) is 0.250. The van der Waals surface area contributed by atoms with Crippen molar-refractivity contribution >= 4 is 5.97 Å². The first-order chi connectivity index (χ1) is 6.16. The molecule has 0 aliphatic rings. The molecule has 0 aromatic carbocycles. The molecule has 1 unspecified atom stereocenters. The third-order valence-electron chi connectivity index (χ3n) is 1.52. The van der Waals surface area contributed by atoms with E-state index in [1.807, 2.05) is 0 Å². The zero-order chi connectivity index (χ0) is 9.84. The molecule has 0 radical (unpaired) electrons. The predicted molar refractivity (Wildman–Crippen MR) is 43.4 cm³/mol. The summed E-state index contributed by atoms with van der Waals surface area (Å²) in [6.45, 7) is 0. The number of carboxylic acid groups (broad SMARTS) is 1. The van der Waals surface area contributed by atoms with Gasteiger partial charge >= 0.3 is 5.97 Å². The van der Waals surface area contributed by atoms with Crippen molar-refractivity contribution in [1.82, 2.24) is 4.98 Å². The van der Waals surface area contributed by atoms with Gasteiger partial charge in [0.25, 0.3) is 0 Å². The Kier molecular flexibility index (Phi) is 2.81. The van der Waals surface area contributed by atoms with Crippen LogP contribution in [0.4, 0.5) is 0 Å². The Hall–Kier alpha value is -1.62. The van der Waals surface area contributed by atoms with Crippen molar-refractivity contribution in [3.05, 3.63) is 23.9 Å². The number of aliphatic hydroxyl groups excluding tert-OH is 1. The summed E-state index contributed by atoms with van der Waals surface area (Å²) in [4.78, 5) is 14.2. The average molecular weight is 183 g/mol. The minimum absolute atomic E-state index is 0.123. The van der Waals surface area contributed by atoms with Gasteiger partial charge in [-0.05, 0) is 12.1 Å². The maximum Gasteiger partial charge on any atom is 0.337 e. The minimum Gasteiger partial charge on any atom is -0.481 e. The van der Waals surface area contributed by atoms with Crippen LogP contribution in [0.5, 0.6) is 5.88 Å². The summed E-state index contributed by atoms with van der Waals surface area (Å²) in [7, 11) is 1.36. The van der Waals surface area contributed by atoms with Gasteiger partial charge in [0.05, 0.1) is 12.7 Å². The molecule has 0 aliphatic heterocycles. The molecule has 0 amide bonds. The average Bonchev–Trinajstić information content (AvgIpc) is 2.16. The first kappa shape index (κ1) is 9.47. The van der Waals surface area contributed by atoms with Gasteiger partial charge in [0.1, 0.15) is 0 Å². The number of hydrogen-bond acceptors (Lipinski definition) is 4. The quantitative estimate of drug-likeness (QED) is 0.700. The molecular weight excluding hydrogens is 174 g/mol. The lowest BCUT2D eigenvalue weighted by Crippen LogP contribution is -2.12. The third kappa shape index (κ3) is 1.94. The van der Waals surface area contributed by atoms with Crippen molar-refractivity contribution in [2.75, 3.05) is 7.11 Å². The van der Waals surface area contributed by atoms with Crippen LogP contribution in [-0.4, -0.2) is 28.3 Å². The molecular formula is C8H9NO4. The number of nitrogens with zero attached hydrogens (tertiary/aromatic N) is 1. The van der Waals surface area contributed by atoms with E-state index >= 15 is 0 Å². The van der Waals surface area contributed by atoms with Gasteiger partial charge in [-0.1, -0.05) is 0 Å². The maximum absolute atomic E-state index is 10.4. The van der Waals surface area contributed by atoms with E-state index in [1.165, 1.54) is 25.4 Å². The predicted octanol–water partition coefficient (Wildman–Crippen LogP) is 0.208. The van der Waals surface area contributed by atoms with E-state index in [0.717, 1.165) is 0 Å². The van der Waals surface area contributed by atoms with E-state index in [4.69, 9.17) is 9.84 Å². The smallest absolute Gasteiger partial charge is 0.337 e. The lowest BCUT2D eigenvalue weighted by Gasteiger charge is -2.08. The van der Waals surface area contributed by atoms with Crippen LogP contribution >= 0.6 is 0 Å². The molecule has 0 spiro atoms. The van der Waals surface area contributed by atoms with E-state index in [1.54, 1.807) is 0 Å². The summed E-state index contributed by atoms with van der Waals surface area (Å²) in [6.07, 6.45) is -0.139. The lowest BCUT2D eigenvalue weighted by atomic mass is 10.1. The molecule has 5 nitrogen and oxygen atoms in total. The number of methoxy groups -OCH3 is 1.